The molecule has 0 aliphatic rings. The summed E-state index contributed by atoms with van der Waals surface area (Å²) in [6, 6.07) is 7.25. The third-order valence-electron chi connectivity index (χ3n) is 2.76. The van der Waals surface area contributed by atoms with Crippen molar-refractivity contribution < 1.29 is 8.42 Å². The molecule has 0 unspecified atom stereocenters. The quantitative estimate of drug-likeness (QED) is 0.703. The summed E-state index contributed by atoms with van der Waals surface area (Å²) in [4.78, 5) is 4.23. The lowest BCUT2D eigenvalue weighted by Gasteiger charge is -2.09. The number of hydrogen-bond donors (Lipinski definition) is 3. The van der Waals surface area contributed by atoms with E-state index in [2.05, 4.69) is 15.0 Å². The SMILES string of the molecule is CNS(=O)(=O)CCNc1ccnc2cc(N)ccc12. The van der Waals surface area contributed by atoms with Crippen LogP contribution in [0.15, 0.2) is 30.5 Å². The standard InChI is InChI=1S/C12H16N4O2S/c1-14-19(17,18)7-6-16-11-4-5-15-12-8-9(13)2-3-10(11)12/h2-5,8,14H,6-7,13H2,1H3,(H,15,16). The molecule has 0 fully saturated rings. The van der Waals surface area contributed by atoms with Crippen molar-refractivity contribution in [1.29, 1.82) is 0 Å². The monoisotopic (exact) mass is 280 g/mol. The topological polar surface area (TPSA) is 97.1 Å². The van der Waals surface area contributed by atoms with Crippen molar-refractivity contribution in [1.82, 2.24) is 9.71 Å². The zero-order valence-electron chi connectivity index (χ0n) is 10.6. The molecule has 0 radical (unpaired) electrons. The Morgan fingerprint density at radius 1 is 1.32 bits per heavy atom. The average molecular weight is 280 g/mol. The molecular weight excluding hydrogens is 264 g/mol. The molecule has 1 heterocycles. The number of sulfonamides is 1. The molecule has 0 atom stereocenters. The molecule has 2 rings (SSSR count). The summed E-state index contributed by atoms with van der Waals surface area (Å²) >= 11 is 0. The molecule has 19 heavy (non-hydrogen) atoms. The summed E-state index contributed by atoms with van der Waals surface area (Å²) in [5.41, 5.74) is 7.97. The highest BCUT2D eigenvalue weighted by atomic mass is 32.2. The fraction of sp³-hybridized carbons (Fsp3) is 0.250. The van der Waals surface area contributed by atoms with Crippen LogP contribution in [0.2, 0.25) is 0 Å². The van der Waals surface area contributed by atoms with E-state index < -0.39 is 10.0 Å². The van der Waals surface area contributed by atoms with Crippen LogP contribution in [0.5, 0.6) is 0 Å². The smallest absolute Gasteiger partial charge is 0.213 e. The van der Waals surface area contributed by atoms with Gasteiger partial charge in [-0.25, -0.2) is 13.1 Å². The first kappa shape index (κ1) is 13.6. The van der Waals surface area contributed by atoms with E-state index >= 15 is 0 Å². The van der Waals surface area contributed by atoms with Crippen molar-refractivity contribution in [2.75, 3.05) is 30.4 Å². The predicted octanol–water partition coefficient (Wildman–Crippen LogP) is 0.778. The van der Waals surface area contributed by atoms with Crippen LogP contribution in [-0.2, 0) is 10.0 Å². The van der Waals surface area contributed by atoms with E-state index in [4.69, 9.17) is 5.73 Å². The molecule has 0 aliphatic heterocycles. The normalized spacial score (nSPS) is 11.6. The maximum Gasteiger partial charge on any atom is 0.213 e. The summed E-state index contributed by atoms with van der Waals surface area (Å²) < 4.78 is 24.9. The van der Waals surface area contributed by atoms with Crippen molar-refractivity contribution in [2.24, 2.45) is 0 Å². The van der Waals surface area contributed by atoms with Crippen LogP contribution in [0.25, 0.3) is 10.9 Å². The number of pyridine rings is 1. The largest absolute Gasteiger partial charge is 0.399 e. The van der Waals surface area contributed by atoms with Crippen LogP contribution in [0.4, 0.5) is 11.4 Å². The van der Waals surface area contributed by atoms with Crippen LogP contribution in [0.3, 0.4) is 0 Å². The second kappa shape index (κ2) is 5.41. The lowest BCUT2D eigenvalue weighted by Crippen LogP contribution is -2.26. The third-order valence-corrected chi connectivity index (χ3v) is 4.13. The Bertz CT molecular complexity index is 685. The molecule has 0 spiro atoms. The summed E-state index contributed by atoms with van der Waals surface area (Å²) in [5.74, 6) is 0.0162. The second-order valence-electron chi connectivity index (χ2n) is 4.08. The van der Waals surface area contributed by atoms with Gasteiger partial charge >= 0.3 is 0 Å². The minimum Gasteiger partial charge on any atom is -0.399 e. The Hall–Kier alpha value is -1.86. The highest BCUT2D eigenvalue weighted by molar-refractivity contribution is 7.89. The Morgan fingerprint density at radius 2 is 2.11 bits per heavy atom. The minimum atomic E-state index is -3.20. The molecule has 2 aromatic rings. The van der Waals surface area contributed by atoms with E-state index in [1.165, 1.54) is 7.05 Å². The van der Waals surface area contributed by atoms with Gasteiger partial charge in [0, 0.05) is 29.5 Å². The summed E-state index contributed by atoms with van der Waals surface area (Å²) in [7, 11) is -1.80. The number of nitrogens with two attached hydrogens (primary N) is 1. The van der Waals surface area contributed by atoms with Crippen LogP contribution < -0.4 is 15.8 Å². The maximum atomic E-state index is 11.3. The Balaban J connectivity index is 2.17. The fourth-order valence-electron chi connectivity index (χ4n) is 1.74. The Morgan fingerprint density at radius 3 is 2.84 bits per heavy atom. The number of fused-ring (bicyclic) bond motifs is 1. The van der Waals surface area contributed by atoms with Gasteiger partial charge in [-0.15, -0.1) is 0 Å². The van der Waals surface area contributed by atoms with Crippen molar-refractivity contribution >= 4 is 32.3 Å². The van der Waals surface area contributed by atoms with Gasteiger partial charge in [0.25, 0.3) is 0 Å². The molecule has 1 aromatic heterocycles. The summed E-state index contributed by atoms with van der Waals surface area (Å²) in [6.45, 7) is 0.326. The highest BCUT2D eigenvalue weighted by Crippen LogP contribution is 2.22. The average Bonchev–Trinajstić information content (AvgIpc) is 2.38. The van der Waals surface area contributed by atoms with E-state index in [9.17, 15) is 8.42 Å². The number of nitrogens with one attached hydrogen (secondary N) is 2. The molecule has 1 aromatic carbocycles. The number of anilines is 2. The molecular formula is C12H16N4O2S. The van der Waals surface area contributed by atoms with E-state index in [1.54, 1.807) is 18.3 Å². The third kappa shape index (κ3) is 3.33. The van der Waals surface area contributed by atoms with Crippen molar-refractivity contribution in [3.8, 4) is 0 Å². The number of rotatable bonds is 5. The minimum absolute atomic E-state index is 0.0162. The van der Waals surface area contributed by atoms with E-state index in [0.29, 0.717) is 12.2 Å². The van der Waals surface area contributed by atoms with Gasteiger partial charge in [-0.3, -0.25) is 4.98 Å². The summed E-state index contributed by atoms with van der Waals surface area (Å²) in [5, 5.41) is 4.01. The molecule has 7 heteroatoms. The molecule has 0 amide bonds. The second-order valence-corrected chi connectivity index (χ2v) is 6.13. The first-order valence-corrected chi connectivity index (χ1v) is 7.46. The fourth-order valence-corrected chi connectivity index (χ4v) is 2.32. The Kier molecular flexibility index (Phi) is 3.87. The highest BCUT2D eigenvalue weighted by Gasteiger charge is 2.07. The van der Waals surface area contributed by atoms with Gasteiger partial charge < -0.3 is 11.1 Å². The first-order valence-electron chi connectivity index (χ1n) is 5.81. The number of aromatic nitrogens is 1. The number of benzene rings is 1. The molecule has 0 saturated heterocycles. The van der Waals surface area contributed by atoms with Gasteiger partial charge in [0.2, 0.25) is 10.0 Å². The van der Waals surface area contributed by atoms with Crippen LogP contribution in [0.1, 0.15) is 0 Å². The summed E-state index contributed by atoms with van der Waals surface area (Å²) in [6.07, 6.45) is 1.66. The maximum absolute atomic E-state index is 11.3. The molecule has 4 N–H and O–H groups in total. The van der Waals surface area contributed by atoms with Crippen molar-refractivity contribution in [3.05, 3.63) is 30.5 Å². The van der Waals surface area contributed by atoms with Crippen molar-refractivity contribution in [3.63, 3.8) is 0 Å². The first-order chi connectivity index (χ1) is 9.02. The lowest BCUT2D eigenvalue weighted by atomic mass is 10.1. The molecule has 6 nitrogen and oxygen atoms in total. The van der Waals surface area contributed by atoms with Gasteiger partial charge in [0.15, 0.2) is 0 Å². The predicted molar refractivity (Wildman–Crippen MR) is 77.5 cm³/mol. The molecule has 102 valence electrons. The van der Waals surface area contributed by atoms with Gasteiger partial charge in [0.1, 0.15) is 0 Å². The molecule has 0 bridgehead atoms. The zero-order chi connectivity index (χ0) is 13.9. The van der Waals surface area contributed by atoms with Gasteiger partial charge in [-0.1, -0.05) is 0 Å². The number of hydrogen-bond acceptors (Lipinski definition) is 5. The molecule has 0 saturated carbocycles. The number of nitrogens with zero attached hydrogens (tertiary/aromatic N) is 1. The van der Waals surface area contributed by atoms with E-state index in [0.717, 1.165) is 16.6 Å². The van der Waals surface area contributed by atoms with E-state index in [1.807, 2.05) is 12.1 Å². The van der Waals surface area contributed by atoms with Crippen LogP contribution in [-0.4, -0.2) is 32.7 Å². The number of nitrogen functional groups attached to an aromatic ring is 1. The van der Waals surface area contributed by atoms with Gasteiger partial charge in [-0.05, 0) is 31.3 Å². The Labute approximate surface area is 112 Å². The van der Waals surface area contributed by atoms with Crippen molar-refractivity contribution in [2.45, 2.75) is 0 Å². The zero-order valence-corrected chi connectivity index (χ0v) is 11.4. The van der Waals surface area contributed by atoms with Gasteiger partial charge in [-0.2, -0.15) is 0 Å². The van der Waals surface area contributed by atoms with E-state index in [-0.39, 0.29) is 5.75 Å². The van der Waals surface area contributed by atoms with Crippen LogP contribution in [0, 0.1) is 0 Å². The van der Waals surface area contributed by atoms with Gasteiger partial charge in [0.05, 0.1) is 11.3 Å². The van der Waals surface area contributed by atoms with Crippen LogP contribution >= 0.6 is 0 Å². The lowest BCUT2D eigenvalue weighted by molar-refractivity contribution is 0.588. The molecule has 0 aliphatic carbocycles.